The summed E-state index contributed by atoms with van der Waals surface area (Å²) >= 11 is 0. The SMILES string of the molecule is CNC(=O)c1ccc(CNC(=O)CCC(=O)c2cc(C)ccc2C)cc1. The molecule has 0 atom stereocenters. The first-order chi connectivity index (χ1) is 12.4. The molecule has 5 nitrogen and oxygen atoms in total. The molecular weight excluding hydrogens is 328 g/mol. The van der Waals surface area contributed by atoms with Crippen LogP contribution in [0, 0.1) is 13.8 Å². The third kappa shape index (κ3) is 5.28. The van der Waals surface area contributed by atoms with Crippen molar-refractivity contribution in [1.82, 2.24) is 10.6 Å². The van der Waals surface area contributed by atoms with Crippen molar-refractivity contribution in [2.75, 3.05) is 7.05 Å². The van der Waals surface area contributed by atoms with Crippen LogP contribution >= 0.6 is 0 Å². The van der Waals surface area contributed by atoms with Crippen LogP contribution in [0.15, 0.2) is 42.5 Å². The summed E-state index contributed by atoms with van der Waals surface area (Å²) in [5, 5.41) is 5.36. The highest BCUT2D eigenvalue weighted by Crippen LogP contribution is 2.14. The Morgan fingerprint density at radius 2 is 1.62 bits per heavy atom. The second-order valence-corrected chi connectivity index (χ2v) is 6.29. The fourth-order valence-corrected chi connectivity index (χ4v) is 2.61. The van der Waals surface area contributed by atoms with Gasteiger partial charge in [-0.25, -0.2) is 0 Å². The first-order valence-corrected chi connectivity index (χ1v) is 8.59. The van der Waals surface area contributed by atoms with Crippen molar-refractivity contribution in [2.45, 2.75) is 33.2 Å². The number of Topliss-reactive ketones (excluding diaryl/α,β-unsaturated/α-hetero) is 1. The van der Waals surface area contributed by atoms with Gasteiger partial charge in [-0.2, -0.15) is 0 Å². The largest absolute Gasteiger partial charge is 0.355 e. The van der Waals surface area contributed by atoms with Gasteiger partial charge in [0, 0.05) is 37.6 Å². The van der Waals surface area contributed by atoms with Gasteiger partial charge in [-0.3, -0.25) is 14.4 Å². The Bertz CT molecular complexity index is 811. The van der Waals surface area contributed by atoms with Gasteiger partial charge in [0.25, 0.3) is 5.91 Å². The number of hydrogen-bond donors (Lipinski definition) is 2. The van der Waals surface area contributed by atoms with Gasteiger partial charge in [0.05, 0.1) is 0 Å². The van der Waals surface area contributed by atoms with Gasteiger partial charge in [0.1, 0.15) is 0 Å². The molecule has 0 aliphatic rings. The van der Waals surface area contributed by atoms with Crippen LogP contribution in [-0.2, 0) is 11.3 Å². The minimum atomic E-state index is -0.168. The molecule has 0 saturated carbocycles. The van der Waals surface area contributed by atoms with Crippen molar-refractivity contribution in [3.05, 3.63) is 70.3 Å². The molecule has 0 saturated heterocycles. The Hall–Kier alpha value is -2.95. The van der Waals surface area contributed by atoms with Gasteiger partial charge < -0.3 is 10.6 Å². The van der Waals surface area contributed by atoms with E-state index in [0.29, 0.717) is 17.7 Å². The highest BCUT2D eigenvalue weighted by Gasteiger charge is 2.12. The molecule has 0 unspecified atom stereocenters. The molecule has 136 valence electrons. The molecule has 0 aromatic heterocycles. The predicted octanol–water partition coefficient (Wildman–Crippen LogP) is 2.94. The van der Waals surface area contributed by atoms with E-state index in [4.69, 9.17) is 0 Å². The van der Waals surface area contributed by atoms with Gasteiger partial charge in [-0.05, 0) is 43.2 Å². The number of amides is 2. The van der Waals surface area contributed by atoms with Crippen molar-refractivity contribution < 1.29 is 14.4 Å². The average molecular weight is 352 g/mol. The van der Waals surface area contributed by atoms with Crippen molar-refractivity contribution in [1.29, 1.82) is 0 Å². The molecule has 2 N–H and O–H groups in total. The monoisotopic (exact) mass is 352 g/mol. The van der Waals surface area contributed by atoms with Crippen molar-refractivity contribution in [3.63, 3.8) is 0 Å². The summed E-state index contributed by atoms with van der Waals surface area (Å²) in [6.07, 6.45) is 0.342. The summed E-state index contributed by atoms with van der Waals surface area (Å²) in [7, 11) is 1.58. The van der Waals surface area contributed by atoms with Crippen LogP contribution in [0.3, 0.4) is 0 Å². The minimum absolute atomic E-state index is 0.0173. The summed E-state index contributed by atoms with van der Waals surface area (Å²) in [5.74, 6) is -0.333. The van der Waals surface area contributed by atoms with E-state index in [0.717, 1.165) is 16.7 Å². The highest BCUT2D eigenvalue weighted by molar-refractivity contribution is 5.99. The summed E-state index contributed by atoms with van der Waals surface area (Å²) < 4.78 is 0. The maximum absolute atomic E-state index is 12.3. The molecule has 26 heavy (non-hydrogen) atoms. The number of carbonyl (C=O) groups is 3. The lowest BCUT2D eigenvalue weighted by atomic mass is 9.99. The first-order valence-electron chi connectivity index (χ1n) is 8.59. The number of aryl methyl sites for hydroxylation is 2. The van der Waals surface area contributed by atoms with Crippen LogP contribution in [0.2, 0.25) is 0 Å². The van der Waals surface area contributed by atoms with E-state index in [1.807, 2.05) is 32.0 Å². The molecule has 0 aliphatic heterocycles. The maximum Gasteiger partial charge on any atom is 0.251 e. The molecule has 2 aromatic rings. The number of rotatable bonds is 7. The third-order valence-electron chi connectivity index (χ3n) is 4.21. The summed E-state index contributed by atoms with van der Waals surface area (Å²) in [6, 6.07) is 12.8. The van der Waals surface area contributed by atoms with Crippen molar-refractivity contribution in [2.24, 2.45) is 0 Å². The van der Waals surface area contributed by atoms with Crippen LogP contribution < -0.4 is 10.6 Å². The second kappa shape index (κ2) is 8.94. The highest BCUT2D eigenvalue weighted by atomic mass is 16.2. The van der Waals surface area contributed by atoms with Gasteiger partial charge >= 0.3 is 0 Å². The molecular formula is C21H24N2O3. The summed E-state index contributed by atoms with van der Waals surface area (Å²) in [5.41, 5.74) is 4.11. The van der Waals surface area contributed by atoms with Crippen LogP contribution in [0.5, 0.6) is 0 Å². The zero-order valence-electron chi connectivity index (χ0n) is 15.4. The van der Waals surface area contributed by atoms with Crippen molar-refractivity contribution in [3.8, 4) is 0 Å². The summed E-state index contributed by atoms with van der Waals surface area (Å²) in [6.45, 7) is 4.21. The van der Waals surface area contributed by atoms with E-state index in [1.54, 1.807) is 31.3 Å². The lowest BCUT2D eigenvalue weighted by Crippen LogP contribution is -2.23. The Kier molecular flexibility index (Phi) is 6.67. The Morgan fingerprint density at radius 1 is 0.923 bits per heavy atom. The fourth-order valence-electron chi connectivity index (χ4n) is 2.61. The molecule has 0 radical (unpaired) electrons. The Balaban J connectivity index is 1.82. The normalized spacial score (nSPS) is 10.3. The number of carbonyl (C=O) groups excluding carboxylic acids is 3. The number of ketones is 1. The van der Waals surface area contributed by atoms with Gasteiger partial charge in [0.2, 0.25) is 5.91 Å². The smallest absolute Gasteiger partial charge is 0.251 e. The molecule has 0 aliphatic carbocycles. The Labute approximate surface area is 153 Å². The van der Waals surface area contributed by atoms with E-state index in [-0.39, 0.29) is 30.4 Å². The van der Waals surface area contributed by atoms with E-state index in [9.17, 15) is 14.4 Å². The van der Waals surface area contributed by atoms with Gasteiger partial charge in [-0.1, -0.05) is 29.8 Å². The average Bonchev–Trinajstić information content (AvgIpc) is 2.66. The van der Waals surface area contributed by atoms with Crippen molar-refractivity contribution >= 4 is 17.6 Å². The summed E-state index contributed by atoms with van der Waals surface area (Å²) in [4.78, 5) is 35.8. The zero-order valence-corrected chi connectivity index (χ0v) is 15.4. The molecule has 2 rings (SSSR count). The van der Waals surface area contributed by atoms with Crippen LogP contribution in [0.1, 0.15) is 50.2 Å². The van der Waals surface area contributed by atoms with E-state index >= 15 is 0 Å². The Morgan fingerprint density at radius 3 is 2.27 bits per heavy atom. The minimum Gasteiger partial charge on any atom is -0.355 e. The maximum atomic E-state index is 12.3. The number of benzene rings is 2. The molecule has 5 heteroatoms. The standard InChI is InChI=1S/C21H24N2O3/c1-14-4-5-15(2)18(12-14)19(24)10-11-20(25)23-13-16-6-8-17(9-7-16)21(26)22-3/h4-9,12H,10-11,13H2,1-3H3,(H,22,26)(H,23,25). The van der Waals surface area contributed by atoms with Crippen LogP contribution in [-0.4, -0.2) is 24.6 Å². The molecule has 0 spiro atoms. The first kappa shape index (κ1) is 19.4. The van der Waals surface area contributed by atoms with E-state index in [2.05, 4.69) is 10.6 Å². The topological polar surface area (TPSA) is 75.3 Å². The molecule has 0 bridgehead atoms. The van der Waals surface area contributed by atoms with Gasteiger partial charge in [-0.15, -0.1) is 0 Å². The third-order valence-corrected chi connectivity index (χ3v) is 4.21. The lowest BCUT2D eigenvalue weighted by Gasteiger charge is -2.08. The molecule has 0 fully saturated rings. The van der Waals surface area contributed by atoms with Gasteiger partial charge in [0.15, 0.2) is 5.78 Å². The van der Waals surface area contributed by atoms with E-state index < -0.39 is 0 Å². The fraction of sp³-hybridized carbons (Fsp3) is 0.286. The molecule has 0 heterocycles. The number of nitrogens with one attached hydrogen (secondary N) is 2. The predicted molar refractivity (Wildman–Crippen MR) is 101 cm³/mol. The number of hydrogen-bond acceptors (Lipinski definition) is 3. The molecule has 2 amide bonds. The quantitative estimate of drug-likeness (QED) is 0.752. The zero-order chi connectivity index (χ0) is 19.1. The molecule has 2 aromatic carbocycles. The van der Waals surface area contributed by atoms with E-state index in [1.165, 1.54) is 0 Å². The van der Waals surface area contributed by atoms with Crippen LogP contribution in [0.25, 0.3) is 0 Å². The lowest BCUT2D eigenvalue weighted by molar-refractivity contribution is -0.121. The van der Waals surface area contributed by atoms with Crippen LogP contribution in [0.4, 0.5) is 0 Å². The second-order valence-electron chi connectivity index (χ2n) is 6.29.